The quantitative estimate of drug-likeness (QED) is 0.812. The third-order valence-electron chi connectivity index (χ3n) is 3.28. The number of halogens is 1. The lowest BCUT2D eigenvalue weighted by Gasteiger charge is -2.31. The average molecular weight is 253 g/mol. The van der Waals surface area contributed by atoms with Gasteiger partial charge in [0.25, 0.3) is 0 Å². The van der Waals surface area contributed by atoms with Crippen LogP contribution in [0.25, 0.3) is 0 Å². The van der Waals surface area contributed by atoms with Crippen LogP contribution in [0.4, 0.5) is 10.2 Å². The van der Waals surface area contributed by atoms with Gasteiger partial charge in [-0.05, 0) is 25.8 Å². The van der Waals surface area contributed by atoms with Gasteiger partial charge in [0.15, 0.2) is 0 Å². The van der Waals surface area contributed by atoms with E-state index in [9.17, 15) is 4.39 Å². The van der Waals surface area contributed by atoms with E-state index in [-0.39, 0.29) is 5.82 Å². The van der Waals surface area contributed by atoms with Gasteiger partial charge in [-0.2, -0.15) is 0 Å². The molecule has 2 N–H and O–H groups in total. The Morgan fingerprint density at radius 3 is 2.72 bits per heavy atom. The number of hydrogen-bond acceptors (Lipinski definition) is 3. The first kappa shape index (κ1) is 14.9. The first-order valence-corrected chi connectivity index (χ1v) is 6.75. The smallest absolute Gasteiger partial charge is 0.141 e. The molecule has 0 radical (unpaired) electrons. The fourth-order valence-electron chi connectivity index (χ4n) is 1.97. The van der Waals surface area contributed by atoms with E-state index in [1.165, 1.54) is 12.3 Å². The van der Waals surface area contributed by atoms with Gasteiger partial charge >= 0.3 is 0 Å². The summed E-state index contributed by atoms with van der Waals surface area (Å²) in [6.45, 7) is 7.74. The van der Waals surface area contributed by atoms with Crippen molar-refractivity contribution < 1.29 is 4.39 Å². The molecular formula is C14H24FN3. The lowest BCUT2D eigenvalue weighted by atomic mass is 10.1. The third-order valence-corrected chi connectivity index (χ3v) is 3.28. The van der Waals surface area contributed by atoms with Crippen molar-refractivity contribution in [2.24, 2.45) is 5.73 Å². The maximum absolute atomic E-state index is 13.2. The molecule has 0 aromatic carbocycles. The van der Waals surface area contributed by atoms with Crippen molar-refractivity contribution >= 4 is 5.82 Å². The van der Waals surface area contributed by atoms with Crippen molar-refractivity contribution in [1.82, 2.24) is 4.98 Å². The second-order valence-electron chi connectivity index (χ2n) is 4.64. The molecule has 18 heavy (non-hydrogen) atoms. The summed E-state index contributed by atoms with van der Waals surface area (Å²) in [5.41, 5.74) is 6.48. The maximum atomic E-state index is 13.2. The normalized spacial score (nSPS) is 12.5. The highest BCUT2D eigenvalue weighted by Gasteiger charge is 2.17. The third kappa shape index (κ3) is 3.67. The number of pyridine rings is 1. The highest BCUT2D eigenvalue weighted by molar-refractivity contribution is 5.47. The van der Waals surface area contributed by atoms with Gasteiger partial charge in [0.2, 0.25) is 0 Å². The molecular weight excluding hydrogens is 229 g/mol. The monoisotopic (exact) mass is 253 g/mol. The molecule has 0 spiro atoms. The summed E-state index contributed by atoms with van der Waals surface area (Å²) < 4.78 is 13.2. The summed E-state index contributed by atoms with van der Waals surface area (Å²) in [6, 6.07) is 1.88. The van der Waals surface area contributed by atoms with Crippen LogP contribution in [0.3, 0.4) is 0 Å². The van der Waals surface area contributed by atoms with E-state index >= 15 is 0 Å². The second kappa shape index (κ2) is 7.31. The zero-order chi connectivity index (χ0) is 13.5. The van der Waals surface area contributed by atoms with E-state index in [0.717, 1.165) is 37.2 Å². The van der Waals surface area contributed by atoms with E-state index in [2.05, 4.69) is 30.7 Å². The van der Waals surface area contributed by atoms with Gasteiger partial charge in [-0.15, -0.1) is 0 Å². The molecule has 4 heteroatoms. The molecule has 102 valence electrons. The molecule has 3 nitrogen and oxygen atoms in total. The first-order chi connectivity index (χ1) is 8.63. The summed E-state index contributed by atoms with van der Waals surface area (Å²) >= 11 is 0. The van der Waals surface area contributed by atoms with Gasteiger partial charge in [0.05, 0.1) is 6.20 Å². The molecule has 0 aliphatic rings. The number of aromatic nitrogens is 1. The van der Waals surface area contributed by atoms with E-state index in [1.807, 2.05) is 0 Å². The zero-order valence-corrected chi connectivity index (χ0v) is 11.6. The molecule has 0 saturated heterocycles. The Labute approximate surface area is 109 Å². The Morgan fingerprint density at radius 2 is 2.17 bits per heavy atom. The van der Waals surface area contributed by atoms with Gasteiger partial charge < -0.3 is 10.6 Å². The molecule has 1 aromatic rings. The molecule has 1 atom stereocenters. The largest absolute Gasteiger partial charge is 0.354 e. The van der Waals surface area contributed by atoms with Gasteiger partial charge in [-0.1, -0.05) is 20.3 Å². The van der Waals surface area contributed by atoms with Crippen LogP contribution < -0.4 is 10.6 Å². The number of anilines is 1. The van der Waals surface area contributed by atoms with Crippen molar-refractivity contribution in [2.45, 2.75) is 52.6 Å². The summed E-state index contributed by atoms with van der Waals surface area (Å²) in [7, 11) is 0. The van der Waals surface area contributed by atoms with Gasteiger partial charge in [0, 0.05) is 24.7 Å². The topological polar surface area (TPSA) is 42.2 Å². The molecule has 1 aromatic heterocycles. The number of hydrogen-bond donors (Lipinski definition) is 1. The molecule has 0 amide bonds. The van der Waals surface area contributed by atoms with Crippen LogP contribution in [0.1, 0.15) is 45.6 Å². The Balaban J connectivity index is 3.03. The predicted octanol–water partition coefficient (Wildman–Crippen LogP) is 3.08. The fourth-order valence-corrected chi connectivity index (χ4v) is 1.97. The zero-order valence-electron chi connectivity index (χ0n) is 11.6. The second-order valence-corrected chi connectivity index (χ2v) is 4.64. The number of nitrogens with zero attached hydrogens (tertiary/aromatic N) is 2. The number of rotatable bonds is 7. The molecule has 0 saturated carbocycles. The van der Waals surface area contributed by atoms with Crippen LogP contribution in [0.2, 0.25) is 0 Å². The Bertz CT molecular complexity index is 368. The minimum atomic E-state index is -0.321. The van der Waals surface area contributed by atoms with E-state index in [0.29, 0.717) is 12.6 Å². The Morgan fingerprint density at radius 1 is 1.44 bits per heavy atom. The van der Waals surface area contributed by atoms with E-state index in [4.69, 9.17) is 5.73 Å². The summed E-state index contributed by atoms with van der Waals surface area (Å²) in [6.07, 6.45) is 4.54. The van der Waals surface area contributed by atoms with E-state index in [1.54, 1.807) is 0 Å². The lowest BCUT2D eigenvalue weighted by molar-refractivity contribution is 0.579. The van der Waals surface area contributed by atoms with Crippen molar-refractivity contribution in [1.29, 1.82) is 0 Å². The maximum Gasteiger partial charge on any atom is 0.141 e. The molecule has 0 fully saturated rings. The lowest BCUT2D eigenvalue weighted by Crippen LogP contribution is -2.35. The van der Waals surface area contributed by atoms with Crippen molar-refractivity contribution in [3.63, 3.8) is 0 Å². The molecule has 0 aliphatic carbocycles. The van der Waals surface area contributed by atoms with Crippen LogP contribution in [-0.2, 0) is 6.54 Å². The van der Waals surface area contributed by atoms with Crippen LogP contribution >= 0.6 is 0 Å². The van der Waals surface area contributed by atoms with Crippen molar-refractivity contribution in [3.05, 3.63) is 23.6 Å². The van der Waals surface area contributed by atoms with Crippen molar-refractivity contribution in [2.75, 3.05) is 11.4 Å². The summed E-state index contributed by atoms with van der Waals surface area (Å²) in [5, 5.41) is 0. The van der Waals surface area contributed by atoms with Crippen molar-refractivity contribution in [3.8, 4) is 0 Å². The summed E-state index contributed by atoms with van der Waals surface area (Å²) in [5.74, 6) is 0.514. The van der Waals surface area contributed by atoms with Gasteiger partial charge in [-0.25, -0.2) is 9.37 Å². The van der Waals surface area contributed by atoms with Crippen LogP contribution in [0.5, 0.6) is 0 Å². The number of unbranched alkanes of at least 4 members (excludes halogenated alkanes) is 1. The van der Waals surface area contributed by atoms with Gasteiger partial charge in [-0.3, -0.25) is 0 Å². The van der Waals surface area contributed by atoms with Crippen LogP contribution in [0, 0.1) is 5.82 Å². The van der Waals surface area contributed by atoms with Gasteiger partial charge in [0.1, 0.15) is 11.6 Å². The highest BCUT2D eigenvalue weighted by atomic mass is 19.1. The SMILES string of the molecule is CCCCN(c1ncc(F)cc1CN)C(C)CC. The van der Waals surface area contributed by atoms with Crippen LogP contribution in [0.15, 0.2) is 12.3 Å². The minimum Gasteiger partial charge on any atom is -0.354 e. The van der Waals surface area contributed by atoms with E-state index < -0.39 is 0 Å². The standard InChI is InChI=1S/C14H24FN3/c1-4-6-7-18(11(3)5-2)14-12(9-16)8-13(15)10-17-14/h8,10-11H,4-7,9,16H2,1-3H3. The summed E-state index contributed by atoms with van der Waals surface area (Å²) in [4.78, 5) is 6.48. The first-order valence-electron chi connectivity index (χ1n) is 6.75. The van der Waals surface area contributed by atoms with Crippen LogP contribution in [-0.4, -0.2) is 17.6 Å². The predicted molar refractivity (Wildman–Crippen MR) is 74.1 cm³/mol. The molecule has 1 rings (SSSR count). The Kier molecular flexibility index (Phi) is 6.05. The fraction of sp³-hybridized carbons (Fsp3) is 0.643. The molecule has 0 aliphatic heterocycles. The Hall–Kier alpha value is -1.16. The molecule has 0 bridgehead atoms. The average Bonchev–Trinajstić information content (AvgIpc) is 2.39. The number of nitrogens with two attached hydrogens (primary N) is 1. The molecule has 1 unspecified atom stereocenters. The highest BCUT2D eigenvalue weighted by Crippen LogP contribution is 2.22. The minimum absolute atomic E-state index is 0.319. The molecule has 1 heterocycles.